The van der Waals surface area contributed by atoms with Crippen LogP contribution < -0.4 is 0 Å². The predicted octanol–water partition coefficient (Wildman–Crippen LogP) is 4.96. The Bertz CT molecular complexity index is 293. The smallest absolute Gasteiger partial charge is 0.306 e. The zero-order valence-electron chi connectivity index (χ0n) is 13.7. The third kappa shape index (κ3) is 7.59. The van der Waals surface area contributed by atoms with E-state index in [1.54, 1.807) is 0 Å². The van der Waals surface area contributed by atoms with Crippen LogP contribution in [0.5, 0.6) is 0 Å². The van der Waals surface area contributed by atoms with Gasteiger partial charge in [0.25, 0.3) is 0 Å². The zero-order chi connectivity index (χ0) is 14.7. The largest absolute Gasteiger partial charge is 0.460 e. The maximum Gasteiger partial charge on any atom is 0.306 e. The molecule has 0 unspecified atom stereocenters. The lowest BCUT2D eigenvalue weighted by atomic mass is 9.73. The van der Waals surface area contributed by atoms with E-state index in [1.807, 2.05) is 20.8 Å². The highest BCUT2D eigenvalue weighted by molar-refractivity contribution is 5.70. The quantitative estimate of drug-likeness (QED) is 0.676. The van der Waals surface area contributed by atoms with Gasteiger partial charge in [0.1, 0.15) is 5.60 Å². The molecule has 1 aliphatic carbocycles. The van der Waals surface area contributed by atoms with Crippen molar-refractivity contribution in [2.45, 2.75) is 85.7 Å². The average Bonchev–Trinajstić information content (AvgIpc) is 2.11. The zero-order valence-corrected chi connectivity index (χ0v) is 13.7. The number of carbonyl (C=O) groups is 1. The standard InChI is InChI=1S/C17H32O2/c1-16(2,3)12-14-9-7-8-13(10-14)11-15(18)19-17(4,5)6/h13-14H,7-12H2,1-6H3/t13-,14-/m0/s1. The lowest BCUT2D eigenvalue weighted by Crippen LogP contribution is -2.27. The molecule has 1 aliphatic rings. The first-order chi connectivity index (χ1) is 8.55. The summed E-state index contributed by atoms with van der Waals surface area (Å²) in [6, 6.07) is 0. The molecule has 19 heavy (non-hydrogen) atoms. The van der Waals surface area contributed by atoms with Crippen LogP contribution in [0.1, 0.15) is 80.1 Å². The number of rotatable bonds is 3. The van der Waals surface area contributed by atoms with Crippen LogP contribution in [0.3, 0.4) is 0 Å². The van der Waals surface area contributed by atoms with E-state index in [-0.39, 0.29) is 11.6 Å². The van der Waals surface area contributed by atoms with Crippen molar-refractivity contribution in [1.82, 2.24) is 0 Å². The molecule has 0 bridgehead atoms. The van der Waals surface area contributed by atoms with Gasteiger partial charge >= 0.3 is 5.97 Å². The van der Waals surface area contributed by atoms with Gasteiger partial charge in [-0.15, -0.1) is 0 Å². The molecule has 0 heterocycles. The Morgan fingerprint density at radius 2 is 1.63 bits per heavy atom. The van der Waals surface area contributed by atoms with Crippen molar-refractivity contribution in [2.24, 2.45) is 17.3 Å². The lowest BCUT2D eigenvalue weighted by Gasteiger charge is -2.33. The molecule has 0 aromatic rings. The molecule has 0 radical (unpaired) electrons. The number of carbonyl (C=O) groups excluding carboxylic acids is 1. The summed E-state index contributed by atoms with van der Waals surface area (Å²) in [5.41, 5.74) is 0.0506. The van der Waals surface area contributed by atoms with Crippen LogP contribution >= 0.6 is 0 Å². The first-order valence-electron chi connectivity index (χ1n) is 7.77. The molecule has 112 valence electrons. The van der Waals surface area contributed by atoms with E-state index < -0.39 is 0 Å². The second-order valence-corrected chi connectivity index (χ2v) is 8.45. The molecule has 0 aromatic carbocycles. The minimum Gasteiger partial charge on any atom is -0.460 e. The summed E-state index contributed by atoms with van der Waals surface area (Å²) in [5.74, 6) is 1.31. The summed E-state index contributed by atoms with van der Waals surface area (Å²) in [5, 5.41) is 0. The first-order valence-corrected chi connectivity index (χ1v) is 7.77. The van der Waals surface area contributed by atoms with E-state index in [1.165, 1.54) is 32.1 Å². The molecule has 2 atom stereocenters. The summed E-state index contributed by atoms with van der Waals surface area (Å²) >= 11 is 0. The van der Waals surface area contributed by atoms with Gasteiger partial charge < -0.3 is 4.74 Å². The molecule has 1 saturated carbocycles. The Morgan fingerprint density at radius 1 is 1.05 bits per heavy atom. The van der Waals surface area contributed by atoms with Gasteiger partial charge in [-0.05, 0) is 57.3 Å². The SMILES string of the molecule is CC(C)(C)C[C@H]1CCC[C@H](CC(=O)OC(C)(C)C)C1. The van der Waals surface area contributed by atoms with E-state index in [9.17, 15) is 4.79 Å². The molecular formula is C17H32O2. The Kier molecular flexibility index (Phi) is 5.46. The second-order valence-electron chi connectivity index (χ2n) is 8.45. The molecule has 0 N–H and O–H groups in total. The van der Waals surface area contributed by atoms with Crippen molar-refractivity contribution in [3.63, 3.8) is 0 Å². The van der Waals surface area contributed by atoms with Crippen molar-refractivity contribution < 1.29 is 9.53 Å². The maximum absolute atomic E-state index is 11.9. The minimum absolute atomic E-state index is 0.0195. The highest BCUT2D eigenvalue weighted by Gasteiger charge is 2.28. The van der Waals surface area contributed by atoms with E-state index in [2.05, 4.69) is 20.8 Å². The van der Waals surface area contributed by atoms with E-state index in [4.69, 9.17) is 4.74 Å². The number of esters is 1. The van der Waals surface area contributed by atoms with Crippen LogP contribution in [0.4, 0.5) is 0 Å². The fourth-order valence-electron chi connectivity index (χ4n) is 3.26. The fraction of sp³-hybridized carbons (Fsp3) is 0.941. The number of hydrogen-bond acceptors (Lipinski definition) is 2. The molecule has 2 nitrogen and oxygen atoms in total. The van der Waals surface area contributed by atoms with Gasteiger partial charge in [0, 0.05) is 6.42 Å². The van der Waals surface area contributed by atoms with Crippen LogP contribution in [0.25, 0.3) is 0 Å². The van der Waals surface area contributed by atoms with Crippen LogP contribution in [-0.4, -0.2) is 11.6 Å². The molecule has 0 spiro atoms. The average molecular weight is 268 g/mol. The molecule has 0 aliphatic heterocycles. The van der Waals surface area contributed by atoms with Crippen LogP contribution in [0.15, 0.2) is 0 Å². The van der Waals surface area contributed by atoms with Gasteiger partial charge in [-0.1, -0.05) is 33.6 Å². The lowest BCUT2D eigenvalue weighted by molar-refractivity contribution is -0.156. The Hall–Kier alpha value is -0.530. The molecular weight excluding hydrogens is 236 g/mol. The van der Waals surface area contributed by atoms with Crippen molar-refractivity contribution in [2.75, 3.05) is 0 Å². The van der Waals surface area contributed by atoms with Crippen LogP contribution in [-0.2, 0) is 9.53 Å². The van der Waals surface area contributed by atoms with Crippen molar-refractivity contribution in [3.8, 4) is 0 Å². The summed E-state index contributed by atoms with van der Waals surface area (Å²) in [4.78, 5) is 11.9. The van der Waals surface area contributed by atoms with Gasteiger partial charge in [0.05, 0.1) is 0 Å². The highest BCUT2D eigenvalue weighted by atomic mass is 16.6. The summed E-state index contributed by atoms with van der Waals surface area (Å²) in [7, 11) is 0. The van der Waals surface area contributed by atoms with Crippen LogP contribution in [0, 0.1) is 17.3 Å². The molecule has 0 saturated heterocycles. The first kappa shape index (κ1) is 16.5. The van der Waals surface area contributed by atoms with E-state index >= 15 is 0 Å². The third-order valence-electron chi connectivity index (χ3n) is 3.67. The molecule has 1 rings (SSSR count). The van der Waals surface area contributed by atoms with E-state index in [0.717, 1.165) is 5.92 Å². The molecule has 0 aromatic heterocycles. The highest BCUT2D eigenvalue weighted by Crippen LogP contribution is 2.38. The third-order valence-corrected chi connectivity index (χ3v) is 3.67. The van der Waals surface area contributed by atoms with Gasteiger partial charge in [0.2, 0.25) is 0 Å². The van der Waals surface area contributed by atoms with Crippen LogP contribution in [0.2, 0.25) is 0 Å². The van der Waals surface area contributed by atoms with Gasteiger partial charge in [-0.3, -0.25) is 4.79 Å². The monoisotopic (exact) mass is 268 g/mol. The fourth-order valence-corrected chi connectivity index (χ4v) is 3.26. The van der Waals surface area contributed by atoms with Gasteiger partial charge in [0.15, 0.2) is 0 Å². The van der Waals surface area contributed by atoms with Crippen molar-refractivity contribution in [1.29, 1.82) is 0 Å². The van der Waals surface area contributed by atoms with Crippen molar-refractivity contribution >= 4 is 5.97 Å². The predicted molar refractivity (Wildman–Crippen MR) is 80.0 cm³/mol. The van der Waals surface area contributed by atoms with E-state index in [0.29, 0.717) is 17.8 Å². The minimum atomic E-state index is -0.351. The molecule has 2 heteroatoms. The maximum atomic E-state index is 11.9. The van der Waals surface area contributed by atoms with Crippen molar-refractivity contribution in [3.05, 3.63) is 0 Å². The summed E-state index contributed by atoms with van der Waals surface area (Å²) in [6.45, 7) is 12.7. The number of hydrogen-bond donors (Lipinski definition) is 0. The Morgan fingerprint density at radius 3 is 2.16 bits per heavy atom. The van der Waals surface area contributed by atoms with Gasteiger partial charge in [-0.25, -0.2) is 0 Å². The second kappa shape index (κ2) is 6.28. The van der Waals surface area contributed by atoms with Gasteiger partial charge in [-0.2, -0.15) is 0 Å². The topological polar surface area (TPSA) is 26.3 Å². The normalized spacial score (nSPS) is 25.2. The molecule has 1 fully saturated rings. The Labute approximate surface area is 119 Å². The number of ether oxygens (including phenoxy) is 1. The summed E-state index contributed by atoms with van der Waals surface area (Å²) in [6.07, 6.45) is 6.89. The molecule has 0 amide bonds. The Balaban J connectivity index is 2.41. The summed E-state index contributed by atoms with van der Waals surface area (Å²) < 4.78 is 5.44.